The molecule has 2 heterocycles. The van der Waals surface area contributed by atoms with Gasteiger partial charge in [0.25, 0.3) is 0 Å². The summed E-state index contributed by atoms with van der Waals surface area (Å²) in [7, 11) is 0. The summed E-state index contributed by atoms with van der Waals surface area (Å²) in [5, 5.41) is 0. The van der Waals surface area contributed by atoms with Crippen LogP contribution in [-0.4, -0.2) is 29.8 Å². The van der Waals surface area contributed by atoms with Gasteiger partial charge >= 0.3 is 0 Å². The first-order valence-electron chi connectivity index (χ1n) is 6.27. The maximum atomic E-state index is 13.3. The summed E-state index contributed by atoms with van der Waals surface area (Å²) < 4.78 is 13.3. The average Bonchev–Trinajstić information content (AvgIpc) is 2.94. The third-order valence-corrected chi connectivity index (χ3v) is 3.78. The van der Waals surface area contributed by atoms with Crippen LogP contribution in [0.15, 0.2) is 24.3 Å². The van der Waals surface area contributed by atoms with Gasteiger partial charge in [-0.25, -0.2) is 4.39 Å². The van der Waals surface area contributed by atoms with Crippen molar-refractivity contribution in [1.29, 1.82) is 0 Å². The first-order valence-corrected chi connectivity index (χ1v) is 6.27. The standard InChI is InChI=1S/C15H14FNO/c16-13-6-2-1-4-11(13)5-3-7-14-15(18)12-8-9-17(14)10-12/h1-2,4,6,12,14H,7-10H2. The minimum Gasteiger partial charge on any atom is -0.298 e. The highest BCUT2D eigenvalue weighted by atomic mass is 19.1. The molecule has 3 unspecified atom stereocenters. The number of carbonyl (C=O) groups is 1. The number of nitrogens with zero attached hydrogens (tertiary/aromatic N) is 1. The normalized spacial score (nSPS) is 29.2. The molecule has 2 saturated heterocycles. The Bertz CT molecular complexity index is 543. The van der Waals surface area contributed by atoms with Crippen molar-refractivity contribution in [1.82, 2.24) is 4.90 Å². The molecule has 0 aromatic heterocycles. The Balaban J connectivity index is 1.69. The summed E-state index contributed by atoms with van der Waals surface area (Å²) in [5.74, 6) is 6.01. The number of benzene rings is 1. The molecule has 3 atom stereocenters. The molecule has 2 nitrogen and oxygen atoms in total. The highest BCUT2D eigenvalue weighted by molar-refractivity contribution is 5.89. The van der Waals surface area contributed by atoms with E-state index in [4.69, 9.17) is 0 Å². The summed E-state index contributed by atoms with van der Waals surface area (Å²) in [6.07, 6.45) is 1.51. The smallest absolute Gasteiger partial charge is 0.155 e. The van der Waals surface area contributed by atoms with Gasteiger partial charge in [0, 0.05) is 18.9 Å². The monoisotopic (exact) mass is 243 g/mol. The van der Waals surface area contributed by atoms with E-state index in [1.165, 1.54) is 6.07 Å². The molecule has 18 heavy (non-hydrogen) atoms. The minimum atomic E-state index is -0.301. The van der Waals surface area contributed by atoms with Crippen LogP contribution in [0.3, 0.4) is 0 Å². The van der Waals surface area contributed by atoms with Crippen LogP contribution in [0, 0.1) is 23.6 Å². The van der Waals surface area contributed by atoms with Gasteiger partial charge in [-0.3, -0.25) is 9.69 Å². The van der Waals surface area contributed by atoms with E-state index in [1.54, 1.807) is 18.2 Å². The molecule has 1 aromatic rings. The molecule has 3 heteroatoms. The molecule has 2 aliphatic rings. The third-order valence-electron chi connectivity index (χ3n) is 3.78. The van der Waals surface area contributed by atoms with Crippen molar-refractivity contribution in [3.63, 3.8) is 0 Å². The van der Waals surface area contributed by atoms with E-state index in [9.17, 15) is 9.18 Å². The van der Waals surface area contributed by atoms with Gasteiger partial charge in [0.15, 0.2) is 5.78 Å². The minimum absolute atomic E-state index is 0.0528. The van der Waals surface area contributed by atoms with Crippen molar-refractivity contribution < 1.29 is 9.18 Å². The molecule has 0 N–H and O–H groups in total. The van der Waals surface area contributed by atoms with Crippen LogP contribution in [0.4, 0.5) is 4.39 Å². The van der Waals surface area contributed by atoms with Crippen LogP contribution in [0.2, 0.25) is 0 Å². The first kappa shape index (κ1) is 11.4. The zero-order valence-corrected chi connectivity index (χ0v) is 10.0. The van der Waals surface area contributed by atoms with E-state index in [0.29, 0.717) is 17.8 Å². The lowest BCUT2D eigenvalue weighted by molar-refractivity contribution is -0.124. The quantitative estimate of drug-likeness (QED) is 0.701. The van der Waals surface area contributed by atoms with Gasteiger partial charge in [-0.1, -0.05) is 24.0 Å². The van der Waals surface area contributed by atoms with Crippen molar-refractivity contribution in [3.8, 4) is 11.8 Å². The number of rotatable bonds is 1. The lowest BCUT2D eigenvalue weighted by Gasteiger charge is -2.21. The molecule has 0 radical (unpaired) electrons. The van der Waals surface area contributed by atoms with Crippen LogP contribution >= 0.6 is 0 Å². The molecule has 0 saturated carbocycles. The molecule has 92 valence electrons. The van der Waals surface area contributed by atoms with E-state index in [2.05, 4.69) is 16.7 Å². The number of ketones is 1. The largest absolute Gasteiger partial charge is 0.298 e. The van der Waals surface area contributed by atoms with Gasteiger partial charge in [0.1, 0.15) is 5.82 Å². The highest BCUT2D eigenvalue weighted by Crippen LogP contribution is 2.31. The van der Waals surface area contributed by atoms with Gasteiger partial charge < -0.3 is 0 Å². The summed E-state index contributed by atoms with van der Waals surface area (Å²) in [6.45, 7) is 1.90. The SMILES string of the molecule is O=C1C2CCN(C2)C1CC#Cc1ccccc1F. The van der Waals surface area contributed by atoms with Crippen molar-refractivity contribution in [3.05, 3.63) is 35.6 Å². The van der Waals surface area contributed by atoms with Crippen LogP contribution in [0.1, 0.15) is 18.4 Å². The van der Waals surface area contributed by atoms with Crippen LogP contribution in [0.25, 0.3) is 0 Å². The zero-order valence-electron chi connectivity index (χ0n) is 10.0. The number of piperidine rings is 1. The molecule has 0 aliphatic carbocycles. The Morgan fingerprint density at radius 3 is 2.94 bits per heavy atom. The molecule has 0 spiro atoms. The van der Waals surface area contributed by atoms with Gasteiger partial charge in [0.05, 0.1) is 11.6 Å². The fourth-order valence-corrected chi connectivity index (χ4v) is 2.79. The van der Waals surface area contributed by atoms with Crippen molar-refractivity contribution >= 4 is 5.78 Å². The second-order valence-corrected chi connectivity index (χ2v) is 4.88. The molecule has 2 fully saturated rings. The number of hydrogen-bond donors (Lipinski definition) is 0. The summed E-state index contributed by atoms with van der Waals surface area (Å²) >= 11 is 0. The van der Waals surface area contributed by atoms with Crippen LogP contribution in [0.5, 0.6) is 0 Å². The van der Waals surface area contributed by atoms with Crippen LogP contribution in [-0.2, 0) is 4.79 Å². The van der Waals surface area contributed by atoms with Crippen molar-refractivity contribution in [2.45, 2.75) is 18.9 Å². The lowest BCUT2D eigenvalue weighted by Crippen LogP contribution is -2.35. The van der Waals surface area contributed by atoms with E-state index in [0.717, 1.165) is 19.5 Å². The average molecular weight is 243 g/mol. The predicted octanol–water partition coefficient (Wildman–Crippen LogP) is 1.84. The fraction of sp³-hybridized carbons (Fsp3) is 0.400. The lowest BCUT2D eigenvalue weighted by atomic mass is 9.97. The zero-order chi connectivity index (χ0) is 12.5. The van der Waals surface area contributed by atoms with Crippen molar-refractivity contribution in [2.75, 3.05) is 13.1 Å². The third kappa shape index (κ3) is 1.93. The van der Waals surface area contributed by atoms with Gasteiger partial charge in [0.2, 0.25) is 0 Å². The van der Waals surface area contributed by atoms with Gasteiger partial charge in [-0.05, 0) is 25.1 Å². The molecular formula is C15H14FNO. The van der Waals surface area contributed by atoms with E-state index < -0.39 is 0 Å². The van der Waals surface area contributed by atoms with Gasteiger partial charge in [-0.15, -0.1) is 0 Å². The summed E-state index contributed by atoms with van der Waals surface area (Å²) in [5.41, 5.74) is 0.406. The highest BCUT2D eigenvalue weighted by Gasteiger charge is 2.44. The van der Waals surface area contributed by atoms with Crippen LogP contribution < -0.4 is 0 Å². The summed E-state index contributed by atoms with van der Waals surface area (Å²) in [6, 6.07) is 6.41. The number of Topliss-reactive ketones (excluding diaryl/α,β-unsaturated/α-hetero) is 1. The maximum absolute atomic E-state index is 13.3. The Kier molecular flexibility index (Phi) is 2.89. The predicted molar refractivity (Wildman–Crippen MR) is 66.4 cm³/mol. The maximum Gasteiger partial charge on any atom is 0.155 e. The van der Waals surface area contributed by atoms with E-state index in [-0.39, 0.29) is 17.8 Å². The number of hydrogen-bond acceptors (Lipinski definition) is 2. The first-order chi connectivity index (χ1) is 8.75. The van der Waals surface area contributed by atoms with E-state index in [1.807, 2.05) is 0 Å². The fourth-order valence-electron chi connectivity index (χ4n) is 2.79. The molecule has 1 aromatic carbocycles. The van der Waals surface area contributed by atoms with Crippen molar-refractivity contribution in [2.24, 2.45) is 5.92 Å². The second kappa shape index (κ2) is 4.55. The molecule has 2 bridgehead atoms. The Hall–Kier alpha value is -1.66. The van der Waals surface area contributed by atoms with E-state index >= 15 is 0 Å². The Morgan fingerprint density at radius 1 is 1.39 bits per heavy atom. The number of halogens is 1. The molecule has 0 amide bonds. The summed E-state index contributed by atoms with van der Waals surface area (Å²) in [4.78, 5) is 14.1. The number of fused-ring (bicyclic) bond motifs is 2. The Labute approximate surface area is 106 Å². The Morgan fingerprint density at radius 2 is 2.22 bits per heavy atom. The van der Waals surface area contributed by atoms with Gasteiger partial charge in [-0.2, -0.15) is 0 Å². The number of carbonyl (C=O) groups excluding carboxylic acids is 1. The molecule has 2 aliphatic heterocycles. The second-order valence-electron chi connectivity index (χ2n) is 4.88. The molecular weight excluding hydrogens is 229 g/mol. The molecule has 3 rings (SSSR count). The topological polar surface area (TPSA) is 20.3 Å².